The van der Waals surface area contributed by atoms with E-state index in [-0.39, 0.29) is 0 Å². The van der Waals surface area contributed by atoms with Crippen molar-refractivity contribution in [2.45, 2.75) is 27.2 Å². The van der Waals surface area contributed by atoms with Crippen LogP contribution in [0.3, 0.4) is 0 Å². The average molecular weight is 431 g/mol. The monoisotopic (exact) mass is 431 g/mol. The van der Waals surface area contributed by atoms with Crippen molar-refractivity contribution >= 4 is 23.7 Å². The number of rotatable bonds is 9. The van der Waals surface area contributed by atoms with Crippen LogP contribution in [-0.2, 0) is 0 Å². The van der Waals surface area contributed by atoms with Gasteiger partial charge in [-0.3, -0.25) is 0 Å². The van der Waals surface area contributed by atoms with Crippen molar-refractivity contribution in [2.24, 2.45) is 0 Å². The third-order valence-electron chi connectivity index (χ3n) is 5.04. The van der Waals surface area contributed by atoms with E-state index in [4.69, 9.17) is 4.74 Å². The van der Waals surface area contributed by atoms with Crippen LogP contribution in [0.2, 0.25) is 0 Å². The molecule has 3 aromatic carbocycles. The molecule has 168 valence electrons. The third kappa shape index (κ3) is 6.82. The Morgan fingerprint density at radius 1 is 0.812 bits per heavy atom. The summed E-state index contributed by atoms with van der Waals surface area (Å²) in [5.74, 6) is 0.838. The van der Waals surface area contributed by atoms with Crippen LogP contribution >= 0.6 is 0 Å². The molecule has 3 N–H and O–H groups in total. The van der Waals surface area contributed by atoms with E-state index in [9.17, 15) is 10.0 Å². The Morgan fingerprint density at radius 3 is 1.88 bits per heavy atom. The Kier molecular flexibility index (Phi) is 10.7. The van der Waals surface area contributed by atoms with Crippen LogP contribution in [0.4, 0.5) is 0 Å². The number of nitrogens with one attached hydrogen (secondary N) is 1. The summed E-state index contributed by atoms with van der Waals surface area (Å²) in [6.07, 6.45) is 0.865. The Morgan fingerprint density at radius 2 is 1.38 bits per heavy atom. The molecular formula is C27H34BNO3. The average Bonchev–Trinajstić information content (AvgIpc) is 2.85. The van der Waals surface area contributed by atoms with Crippen molar-refractivity contribution < 1.29 is 14.8 Å². The first kappa shape index (κ1) is 25.4. The van der Waals surface area contributed by atoms with Crippen LogP contribution in [-0.4, -0.2) is 37.4 Å². The van der Waals surface area contributed by atoms with E-state index in [1.54, 1.807) is 12.1 Å². The maximum atomic E-state index is 9.45. The second-order valence-corrected chi connectivity index (χ2v) is 7.05. The molecule has 0 atom stereocenters. The molecule has 3 rings (SSSR count). The highest BCUT2D eigenvalue weighted by Crippen LogP contribution is 2.34. The summed E-state index contributed by atoms with van der Waals surface area (Å²) in [7, 11) is 0.431. The largest absolute Gasteiger partial charge is 0.492 e. The third-order valence-corrected chi connectivity index (χ3v) is 5.04. The molecule has 5 heteroatoms. The first-order chi connectivity index (χ1) is 15.6. The van der Waals surface area contributed by atoms with Crippen molar-refractivity contribution in [3.8, 4) is 5.75 Å². The topological polar surface area (TPSA) is 61.7 Å². The van der Waals surface area contributed by atoms with Gasteiger partial charge in [0.25, 0.3) is 0 Å². The minimum Gasteiger partial charge on any atom is -0.492 e. The van der Waals surface area contributed by atoms with E-state index < -0.39 is 7.12 Å². The summed E-state index contributed by atoms with van der Waals surface area (Å²) < 4.78 is 5.77. The van der Waals surface area contributed by atoms with E-state index in [1.807, 2.05) is 63.4 Å². The van der Waals surface area contributed by atoms with Crippen LogP contribution < -0.4 is 15.5 Å². The fourth-order valence-electron chi connectivity index (χ4n) is 3.49. The zero-order valence-electron chi connectivity index (χ0n) is 19.5. The van der Waals surface area contributed by atoms with Crippen molar-refractivity contribution in [1.29, 1.82) is 0 Å². The lowest BCUT2D eigenvalue weighted by molar-refractivity contribution is 0.318. The van der Waals surface area contributed by atoms with Crippen LogP contribution in [0, 0.1) is 0 Å². The Hall–Kier alpha value is -2.86. The summed E-state index contributed by atoms with van der Waals surface area (Å²) in [6.45, 7) is 7.57. The highest BCUT2D eigenvalue weighted by atomic mass is 16.5. The molecule has 0 radical (unpaired) electrons. The number of benzene rings is 3. The van der Waals surface area contributed by atoms with Gasteiger partial charge < -0.3 is 20.1 Å². The molecule has 0 spiro atoms. The van der Waals surface area contributed by atoms with E-state index in [0.29, 0.717) is 12.1 Å². The van der Waals surface area contributed by atoms with Crippen molar-refractivity contribution in [2.75, 3.05) is 20.2 Å². The van der Waals surface area contributed by atoms with Crippen molar-refractivity contribution in [3.05, 3.63) is 95.6 Å². The lowest BCUT2D eigenvalue weighted by atomic mass is 9.79. The van der Waals surface area contributed by atoms with Gasteiger partial charge in [-0.2, -0.15) is 0 Å². The van der Waals surface area contributed by atoms with Gasteiger partial charge in [0.05, 0.1) is 0 Å². The summed E-state index contributed by atoms with van der Waals surface area (Å²) in [5, 5.41) is 22.0. The summed E-state index contributed by atoms with van der Waals surface area (Å²) in [5.41, 5.74) is 6.14. The highest BCUT2D eigenvalue weighted by molar-refractivity contribution is 6.58. The molecule has 32 heavy (non-hydrogen) atoms. The molecule has 0 unspecified atom stereocenters. The number of allylic oxidation sites excluding steroid dienone is 1. The van der Waals surface area contributed by atoms with Gasteiger partial charge in [-0.05, 0) is 58.9 Å². The van der Waals surface area contributed by atoms with Crippen LogP contribution in [0.25, 0.3) is 11.1 Å². The van der Waals surface area contributed by atoms with E-state index >= 15 is 0 Å². The number of hydrogen-bond donors (Lipinski definition) is 3. The van der Waals surface area contributed by atoms with E-state index in [1.165, 1.54) is 11.1 Å². The second-order valence-electron chi connectivity index (χ2n) is 7.05. The minimum absolute atomic E-state index is 0.476. The standard InChI is InChI=1S/C25H28BNO3.C2H6/c1-3-24(19-7-5-4-6-8-19)25(20-9-13-22(14-10-20)26(28)29)21-11-15-23(16-12-21)30-18-17-27-2;1-2/h4-16,27-29H,3,17-18H2,1-2H3;1-2H3/b25-24-;. The molecule has 0 aliphatic carbocycles. The zero-order valence-corrected chi connectivity index (χ0v) is 19.5. The molecule has 0 saturated heterocycles. The first-order valence-corrected chi connectivity index (χ1v) is 11.3. The molecule has 0 aliphatic heterocycles. The smallest absolute Gasteiger partial charge is 0.488 e. The fourth-order valence-corrected chi connectivity index (χ4v) is 3.49. The van der Waals surface area contributed by atoms with E-state index in [2.05, 4.69) is 36.5 Å². The van der Waals surface area contributed by atoms with Gasteiger partial charge in [0.2, 0.25) is 0 Å². The summed E-state index contributed by atoms with van der Waals surface area (Å²) >= 11 is 0. The zero-order chi connectivity index (χ0) is 23.3. The number of likely N-dealkylation sites (N-methyl/N-ethyl adjacent to an activating group) is 1. The first-order valence-electron chi connectivity index (χ1n) is 11.3. The van der Waals surface area contributed by atoms with Gasteiger partial charge in [0, 0.05) is 6.54 Å². The molecule has 3 aromatic rings. The van der Waals surface area contributed by atoms with Gasteiger partial charge >= 0.3 is 7.12 Å². The SMILES string of the molecule is CC.CC/C(=C(/c1ccc(OCCNC)cc1)c1ccc(B(O)O)cc1)c1ccccc1. The maximum Gasteiger partial charge on any atom is 0.488 e. The maximum absolute atomic E-state index is 9.45. The Balaban J connectivity index is 0.00000176. The van der Waals surface area contributed by atoms with Crippen LogP contribution in [0.5, 0.6) is 5.75 Å². The molecule has 4 nitrogen and oxygen atoms in total. The second kappa shape index (κ2) is 13.5. The van der Waals surface area contributed by atoms with Gasteiger partial charge in [-0.1, -0.05) is 87.5 Å². The molecular weight excluding hydrogens is 397 g/mol. The normalized spacial score (nSPS) is 11.2. The van der Waals surface area contributed by atoms with Crippen molar-refractivity contribution in [3.63, 3.8) is 0 Å². The van der Waals surface area contributed by atoms with Gasteiger partial charge in [-0.25, -0.2) is 0 Å². The number of ether oxygens (including phenoxy) is 1. The summed E-state index contributed by atoms with van der Waals surface area (Å²) in [6, 6.07) is 25.9. The molecule has 0 aliphatic rings. The molecule has 0 fully saturated rings. The van der Waals surface area contributed by atoms with Crippen LogP contribution in [0.15, 0.2) is 78.9 Å². The Labute approximate surface area is 192 Å². The van der Waals surface area contributed by atoms with Gasteiger partial charge in [0.1, 0.15) is 12.4 Å². The molecule has 0 amide bonds. The van der Waals surface area contributed by atoms with Gasteiger partial charge in [0.15, 0.2) is 0 Å². The predicted molar refractivity (Wildman–Crippen MR) is 136 cm³/mol. The highest BCUT2D eigenvalue weighted by Gasteiger charge is 2.15. The molecule has 0 heterocycles. The predicted octanol–water partition coefficient (Wildman–Crippen LogP) is 4.36. The minimum atomic E-state index is -1.47. The number of hydrogen-bond acceptors (Lipinski definition) is 4. The quantitative estimate of drug-likeness (QED) is 0.268. The van der Waals surface area contributed by atoms with Crippen LogP contribution in [0.1, 0.15) is 43.9 Å². The Bertz CT molecular complexity index is 952. The lowest BCUT2D eigenvalue weighted by Gasteiger charge is -2.17. The van der Waals surface area contributed by atoms with Crippen molar-refractivity contribution in [1.82, 2.24) is 5.32 Å². The molecule has 0 bridgehead atoms. The van der Waals surface area contributed by atoms with E-state index in [0.717, 1.165) is 35.4 Å². The van der Waals surface area contributed by atoms with Gasteiger partial charge in [-0.15, -0.1) is 0 Å². The fraction of sp³-hybridized carbons (Fsp3) is 0.259. The molecule has 0 saturated carbocycles. The molecule has 0 aromatic heterocycles. The summed E-state index contributed by atoms with van der Waals surface area (Å²) in [4.78, 5) is 0. The lowest BCUT2D eigenvalue weighted by Crippen LogP contribution is -2.29.